The van der Waals surface area contributed by atoms with Crippen LogP contribution in [0.3, 0.4) is 0 Å². The summed E-state index contributed by atoms with van der Waals surface area (Å²) in [5, 5.41) is 0. The van der Waals surface area contributed by atoms with Crippen molar-refractivity contribution in [2.24, 2.45) is 0 Å². The number of benzene rings is 2. The van der Waals surface area contributed by atoms with Gasteiger partial charge in [0, 0.05) is 22.1 Å². The number of ether oxygens (including phenoxy) is 1. The van der Waals surface area contributed by atoms with Gasteiger partial charge in [0.1, 0.15) is 0 Å². The number of carbonyl (C=O) groups is 1. The number of ketones is 1. The van der Waals surface area contributed by atoms with Crippen molar-refractivity contribution in [2.75, 3.05) is 12.4 Å². The quantitative estimate of drug-likeness (QED) is 0.788. The molecule has 0 N–H and O–H groups in total. The molecule has 1 aliphatic rings. The van der Waals surface area contributed by atoms with E-state index in [1.807, 2.05) is 12.1 Å². The zero-order valence-electron chi connectivity index (χ0n) is 11.6. The highest BCUT2D eigenvalue weighted by Crippen LogP contribution is 2.39. The molecule has 1 unspecified atom stereocenters. The number of hydrogen-bond donors (Lipinski definition) is 0. The second-order valence-corrected chi connectivity index (χ2v) is 6.12. The maximum atomic E-state index is 13.9. The Bertz CT molecular complexity index is 684. The lowest BCUT2D eigenvalue weighted by Crippen LogP contribution is -2.10. The molecule has 2 aromatic carbocycles. The third kappa shape index (κ3) is 2.95. The SMILES string of the molecule is CC(=O)c1ccc(OCC2CSc3ccccc32)c(F)c1. The fourth-order valence-corrected chi connectivity index (χ4v) is 3.63. The van der Waals surface area contributed by atoms with Crippen molar-refractivity contribution < 1.29 is 13.9 Å². The molecule has 0 aromatic heterocycles. The van der Waals surface area contributed by atoms with Crippen molar-refractivity contribution >= 4 is 17.5 Å². The van der Waals surface area contributed by atoms with Crippen molar-refractivity contribution in [1.29, 1.82) is 0 Å². The van der Waals surface area contributed by atoms with Gasteiger partial charge in [-0.25, -0.2) is 4.39 Å². The molecule has 108 valence electrons. The van der Waals surface area contributed by atoms with Crippen LogP contribution < -0.4 is 4.74 Å². The van der Waals surface area contributed by atoms with Crippen molar-refractivity contribution in [3.05, 3.63) is 59.4 Å². The Kier molecular flexibility index (Phi) is 3.97. The van der Waals surface area contributed by atoms with Crippen LogP contribution in [0, 0.1) is 5.82 Å². The molecule has 2 aromatic rings. The highest BCUT2D eigenvalue weighted by atomic mass is 32.2. The zero-order valence-corrected chi connectivity index (χ0v) is 12.5. The second-order valence-electron chi connectivity index (χ2n) is 5.06. The van der Waals surface area contributed by atoms with E-state index in [2.05, 4.69) is 12.1 Å². The molecule has 1 aliphatic heterocycles. The lowest BCUT2D eigenvalue weighted by molar-refractivity contribution is 0.101. The van der Waals surface area contributed by atoms with Crippen LogP contribution in [0.5, 0.6) is 5.75 Å². The fourth-order valence-electron chi connectivity index (χ4n) is 2.39. The van der Waals surface area contributed by atoms with E-state index in [-0.39, 0.29) is 17.5 Å². The maximum Gasteiger partial charge on any atom is 0.165 e. The minimum absolute atomic E-state index is 0.151. The molecule has 0 saturated heterocycles. The molecule has 1 atom stereocenters. The van der Waals surface area contributed by atoms with E-state index in [0.717, 1.165) is 5.75 Å². The van der Waals surface area contributed by atoms with Crippen LogP contribution in [0.15, 0.2) is 47.4 Å². The van der Waals surface area contributed by atoms with Gasteiger partial charge in [0.2, 0.25) is 0 Å². The van der Waals surface area contributed by atoms with Crippen molar-refractivity contribution in [3.63, 3.8) is 0 Å². The Labute approximate surface area is 127 Å². The number of fused-ring (bicyclic) bond motifs is 1. The summed E-state index contributed by atoms with van der Waals surface area (Å²) in [5.74, 6) is 0.794. The number of Topliss-reactive ketones (excluding diaryl/α,β-unsaturated/α-hetero) is 1. The molecule has 3 rings (SSSR count). The van der Waals surface area contributed by atoms with Gasteiger partial charge in [0.15, 0.2) is 17.3 Å². The number of rotatable bonds is 4. The van der Waals surface area contributed by atoms with E-state index in [9.17, 15) is 9.18 Å². The van der Waals surface area contributed by atoms with E-state index in [1.165, 1.54) is 29.5 Å². The number of thioether (sulfide) groups is 1. The monoisotopic (exact) mass is 302 g/mol. The Morgan fingerprint density at radius 1 is 1.33 bits per heavy atom. The third-order valence-electron chi connectivity index (χ3n) is 3.58. The van der Waals surface area contributed by atoms with E-state index in [0.29, 0.717) is 12.2 Å². The predicted octanol–water partition coefficient (Wildman–Crippen LogP) is 4.30. The van der Waals surface area contributed by atoms with Crippen LogP contribution in [-0.4, -0.2) is 18.1 Å². The summed E-state index contributed by atoms with van der Waals surface area (Å²) in [5.41, 5.74) is 1.63. The molecule has 0 saturated carbocycles. The van der Waals surface area contributed by atoms with Gasteiger partial charge >= 0.3 is 0 Å². The standard InChI is InChI=1S/C17H15FO2S/c1-11(19)12-6-7-16(15(18)8-12)20-9-13-10-21-17-5-3-2-4-14(13)17/h2-8,13H,9-10H2,1H3. The first-order valence-electron chi connectivity index (χ1n) is 6.80. The van der Waals surface area contributed by atoms with Gasteiger partial charge in [-0.05, 0) is 36.8 Å². The Hall–Kier alpha value is -1.81. The molecule has 0 aliphatic carbocycles. The van der Waals surface area contributed by atoms with Gasteiger partial charge in [-0.3, -0.25) is 4.79 Å². The smallest absolute Gasteiger partial charge is 0.165 e. The molecule has 21 heavy (non-hydrogen) atoms. The average Bonchev–Trinajstić information content (AvgIpc) is 2.89. The first kappa shape index (κ1) is 14.1. The van der Waals surface area contributed by atoms with E-state index < -0.39 is 5.82 Å². The first-order chi connectivity index (χ1) is 10.1. The van der Waals surface area contributed by atoms with Gasteiger partial charge in [-0.2, -0.15) is 0 Å². The summed E-state index contributed by atoms with van der Waals surface area (Å²) in [4.78, 5) is 12.5. The Morgan fingerprint density at radius 2 is 2.14 bits per heavy atom. The lowest BCUT2D eigenvalue weighted by Gasteiger charge is -2.13. The minimum atomic E-state index is -0.485. The van der Waals surface area contributed by atoms with E-state index in [1.54, 1.807) is 17.8 Å². The van der Waals surface area contributed by atoms with Crippen molar-refractivity contribution in [3.8, 4) is 5.75 Å². The van der Waals surface area contributed by atoms with Gasteiger partial charge in [-0.15, -0.1) is 11.8 Å². The molecule has 0 bridgehead atoms. The topological polar surface area (TPSA) is 26.3 Å². The molecule has 4 heteroatoms. The van der Waals surface area contributed by atoms with Crippen molar-refractivity contribution in [2.45, 2.75) is 17.7 Å². The molecular weight excluding hydrogens is 287 g/mol. The van der Waals surface area contributed by atoms with Crippen LogP contribution in [0.2, 0.25) is 0 Å². The van der Waals surface area contributed by atoms with Gasteiger partial charge < -0.3 is 4.74 Å². The Balaban J connectivity index is 1.70. The summed E-state index contributed by atoms with van der Waals surface area (Å²) in [7, 11) is 0. The van der Waals surface area contributed by atoms with Gasteiger partial charge in [-0.1, -0.05) is 18.2 Å². The predicted molar refractivity (Wildman–Crippen MR) is 81.8 cm³/mol. The van der Waals surface area contributed by atoms with E-state index >= 15 is 0 Å². The van der Waals surface area contributed by atoms with Crippen LogP contribution in [0.1, 0.15) is 28.8 Å². The number of hydrogen-bond acceptors (Lipinski definition) is 3. The maximum absolute atomic E-state index is 13.9. The van der Waals surface area contributed by atoms with Gasteiger partial charge in [0.25, 0.3) is 0 Å². The van der Waals surface area contributed by atoms with Crippen LogP contribution in [0.4, 0.5) is 4.39 Å². The highest BCUT2D eigenvalue weighted by molar-refractivity contribution is 7.99. The van der Waals surface area contributed by atoms with E-state index in [4.69, 9.17) is 4.74 Å². The summed E-state index contributed by atoms with van der Waals surface area (Å²) in [6, 6.07) is 12.6. The highest BCUT2D eigenvalue weighted by Gasteiger charge is 2.23. The normalized spacial score (nSPS) is 16.6. The van der Waals surface area contributed by atoms with Crippen molar-refractivity contribution in [1.82, 2.24) is 0 Å². The number of carbonyl (C=O) groups excluding carboxylic acids is 1. The molecule has 0 radical (unpaired) electrons. The van der Waals surface area contributed by atoms with Crippen LogP contribution >= 0.6 is 11.8 Å². The molecular formula is C17H15FO2S. The Morgan fingerprint density at radius 3 is 2.90 bits per heavy atom. The fraction of sp³-hybridized carbons (Fsp3) is 0.235. The summed E-state index contributed by atoms with van der Waals surface area (Å²) >= 11 is 1.80. The molecule has 0 spiro atoms. The lowest BCUT2D eigenvalue weighted by atomic mass is 10.0. The van der Waals surface area contributed by atoms with Gasteiger partial charge in [0.05, 0.1) is 6.61 Å². The summed E-state index contributed by atoms with van der Waals surface area (Å²) in [6.45, 7) is 1.86. The molecule has 0 amide bonds. The molecule has 0 fully saturated rings. The third-order valence-corrected chi connectivity index (χ3v) is 4.83. The van der Waals surface area contributed by atoms with Crippen LogP contribution in [-0.2, 0) is 0 Å². The number of halogens is 1. The first-order valence-corrected chi connectivity index (χ1v) is 7.78. The molecule has 2 nitrogen and oxygen atoms in total. The zero-order chi connectivity index (χ0) is 14.8. The summed E-state index contributed by atoms with van der Waals surface area (Å²) < 4.78 is 19.5. The minimum Gasteiger partial charge on any atom is -0.490 e. The molecule has 1 heterocycles. The van der Waals surface area contributed by atoms with Crippen LogP contribution in [0.25, 0.3) is 0 Å². The summed E-state index contributed by atoms with van der Waals surface area (Å²) in [6.07, 6.45) is 0. The largest absolute Gasteiger partial charge is 0.490 e. The second kappa shape index (κ2) is 5.90. The average molecular weight is 302 g/mol.